The van der Waals surface area contributed by atoms with Gasteiger partial charge in [0.25, 0.3) is 5.91 Å². The molecule has 0 saturated heterocycles. The van der Waals surface area contributed by atoms with Crippen LogP contribution >= 0.6 is 0 Å². The molecule has 0 aliphatic rings. The minimum atomic E-state index is -0.961. The predicted molar refractivity (Wildman–Crippen MR) is 145 cm³/mol. The molecule has 3 amide bonds. The molecule has 0 aliphatic carbocycles. The number of anilines is 1. The van der Waals surface area contributed by atoms with E-state index in [4.69, 9.17) is 9.47 Å². The second-order valence-corrected chi connectivity index (χ2v) is 11.3. The average Bonchev–Trinajstić information content (AvgIpc) is 2.79. The van der Waals surface area contributed by atoms with Crippen molar-refractivity contribution in [1.29, 1.82) is 0 Å². The van der Waals surface area contributed by atoms with Gasteiger partial charge in [0.15, 0.2) is 0 Å². The van der Waals surface area contributed by atoms with Crippen LogP contribution in [-0.4, -0.2) is 47.1 Å². The van der Waals surface area contributed by atoms with Crippen molar-refractivity contribution in [3.8, 4) is 5.75 Å². The molecule has 2 aromatic rings. The molecule has 0 fully saturated rings. The van der Waals surface area contributed by atoms with Crippen molar-refractivity contribution in [3.63, 3.8) is 0 Å². The second kappa shape index (κ2) is 12.1. The summed E-state index contributed by atoms with van der Waals surface area (Å²) in [7, 11) is 1.57. The molecule has 0 spiro atoms. The van der Waals surface area contributed by atoms with Crippen LogP contribution in [0.4, 0.5) is 10.5 Å². The Bertz CT molecular complexity index is 1050. The second-order valence-electron chi connectivity index (χ2n) is 11.3. The maximum absolute atomic E-state index is 14.1. The van der Waals surface area contributed by atoms with Crippen LogP contribution in [0.2, 0.25) is 0 Å². The maximum Gasteiger partial charge on any atom is 0.408 e. The molecular weight excluding hydrogens is 470 g/mol. The molecule has 0 aliphatic heterocycles. The fourth-order valence-corrected chi connectivity index (χ4v) is 3.88. The van der Waals surface area contributed by atoms with E-state index < -0.39 is 29.3 Å². The fourth-order valence-electron chi connectivity index (χ4n) is 3.88. The standard InChI is InChI=1S/C29H41N3O5/c1-19(2)23(31-27(35)37-29(6,7)8)26(34)32(28(3,4)5)24(20-13-11-10-12-14-20)25(33)30-21-15-17-22(36-9)18-16-21/h10-19,23-24H,1-9H3,(H,30,33)(H,31,35). The molecule has 2 aromatic carbocycles. The lowest BCUT2D eigenvalue weighted by Crippen LogP contribution is -2.59. The summed E-state index contributed by atoms with van der Waals surface area (Å²) < 4.78 is 10.6. The summed E-state index contributed by atoms with van der Waals surface area (Å²) in [5.74, 6) is -0.352. The molecule has 0 radical (unpaired) electrons. The minimum absolute atomic E-state index is 0.258. The zero-order valence-corrected chi connectivity index (χ0v) is 23.4. The van der Waals surface area contributed by atoms with Gasteiger partial charge in [0.1, 0.15) is 23.4 Å². The third kappa shape index (κ3) is 8.51. The van der Waals surface area contributed by atoms with Gasteiger partial charge in [-0.05, 0) is 77.3 Å². The highest BCUT2D eigenvalue weighted by atomic mass is 16.6. The molecule has 0 saturated carbocycles. The maximum atomic E-state index is 14.1. The summed E-state index contributed by atoms with van der Waals surface area (Å²) in [5, 5.41) is 5.67. The lowest BCUT2D eigenvalue weighted by atomic mass is 9.93. The van der Waals surface area contributed by atoms with Gasteiger partial charge in [-0.3, -0.25) is 9.59 Å². The molecule has 2 N–H and O–H groups in total. The summed E-state index contributed by atoms with van der Waals surface area (Å²) in [6.45, 7) is 14.6. The molecule has 0 aromatic heterocycles. The van der Waals surface area contributed by atoms with Crippen LogP contribution in [-0.2, 0) is 14.3 Å². The molecule has 2 unspecified atom stereocenters. The molecule has 2 rings (SSSR count). The molecule has 8 heteroatoms. The monoisotopic (exact) mass is 511 g/mol. The van der Waals surface area contributed by atoms with E-state index in [1.807, 2.05) is 65.0 Å². The van der Waals surface area contributed by atoms with E-state index in [0.717, 1.165) is 0 Å². The van der Waals surface area contributed by atoms with Crippen LogP contribution in [0.15, 0.2) is 54.6 Å². The fraction of sp³-hybridized carbons (Fsp3) is 0.483. The molecule has 202 valence electrons. The van der Waals surface area contributed by atoms with Crippen LogP contribution < -0.4 is 15.4 Å². The number of carbonyl (C=O) groups excluding carboxylic acids is 3. The Kier molecular flexibility index (Phi) is 9.73. The van der Waals surface area contributed by atoms with E-state index in [0.29, 0.717) is 17.0 Å². The number of nitrogens with one attached hydrogen (secondary N) is 2. The molecule has 0 heterocycles. The summed E-state index contributed by atoms with van der Waals surface area (Å²) in [6, 6.07) is 14.2. The predicted octanol–water partition coefficient (Wildman–Crippen LogP) is 5.55. The first-order chi connectivity index (χ1) is 17.1. The number of alkyl carbamates (subject to hydrolysis) is 1. The number of hydrogen-bond acceptors (Lipinski definition) is 5. The lowest BCUT2D eigenvalue weighted by Gasteiger charge is -2.43. The smallest absolute Gasteiger partial charge is 0.408 e. The number of nitrogens with zero attached hydrogens (tertiary/aromatic N) is 1. The first-order valence-electron chi connectivity index (χ1n) is 12.5. The van der Waals surface area contributed by atoms with E-state index in [-0.39, 0.29) is 17.7 Å². The van der Waals surface area contributed by atoms with Crippen molar-refractivity contribution >= 4 is 23.6 Å². The number of ether oxygens (including phenoxy) is 2. The average molecular weight is 512 g/mol. The van der Waals surface area contributed by atoms with Gasteiger partial charge in [-0.15, -0.1) is 0 Å². The third-order valence-corrected chi connectivity index (χ3v) is 5.54. The summed E-state index contributed by atoms with van der Waals surface area (Å²) in [5.41, 5.74) is -0.266. The Morgan fingerprint density at radius 1 is 0.865 bits per heavy atom. The Hall–Kier alpha value is -3.55. The van der Waals surface area contributed by atoms with Crippen LogP contribution in [0.25, 0.3) is 0 Å². The number of methoxy groups -OCH3 is 1. The van der Waals surface area contributed by atoms with Gasteiger partial charge < -0.3 is 25.0 Å². The topological polar surface area (TPSA) is 97.0 Å². The van der Waals surface area contributed by atoms with Gasteiger partial charge in [0, 0.05) is 11.2 Å². The van der Waals surface area contributed by atoms with E-state index in [9.17, 15) is 14.4 Å². The van der Waals surface area contributed by atoms with Crippen molar-refractivity contribution in [2.24, 2.45) is 5.92 Å². The van der Waals surface area contributed by atoms with Crippen LogP contribution in [0.3, 0.4) is 0 Å². The first kappa shape index (κ1) is 29.7. The number of amides is 3. The van der Waals surface area contributed by atoms with Crippen LogP contribution in [0, 0.1) is 5.92 Å². The summed E-state index contributed by atoms with van der Waals surface area (Å²) in [4.78, 5) is 42.1. The van der Waals surface area contributed by atoms with Crippen molar-refractivity contribution in [3.05, 3.63) is 60.2 Å². The van der Waals surface area contributed by atoms with E-state index >= 15 is 0 Å². The SMILES string of the molecule is COc1ccc(NC(=O)C(c2ccccc2)N(C(=O)C(NC(=O)OC(C)(C)C)C(C)C)C(C)(C)C)cc1. The first-order valence-corrected chi connectivity index (χ1v) is 12.5. The summed E-state index contributed by atoms with van der Waals surface area (Å²) in [6.07, 6.45) is -0.688. The van der Waals surface area contributed by atoms with E-state index in [1.165, 1.54) is 0 Å². The molecule has 8 nitrogen and oxygen atoms in total. The highest BCUT2D eigenvalue weighted by Gasteiger charge is 2.42. The normalized spacial score (nSPS) is 13.4. The van der Waals surface area contributed by atoms with Gasteiger partial charge in [-0.25, -0.2) is 4.79 Å². The zero-order valence-electron chi connectivity index (χ0n) is 23.4. The van der Waals surface area contributed by atoms with Crippen molar-refractivity contribution in [2.45, 2.75) is 78.6 Å². The highest BCUT2D eigenvalue weighted by Crippen LogP contribution is 2.32. The lowest BCUT2D eigenvalue weighted by molar-refractivity contribution is -0.147. The van der Waals surface area contributed by atoms with Crippen LogP contribution in [0.5, 0.6) is 5.75 Å². The summed E-state index contributed by atoms with van der Waals surface area (Å²) >= 11 is 0. The number of carbonyl (C=O) groups is 3. The van der Waals surface area contributed by atoms with Crippen molar-refractivity contribution < 1.29 is 23.9 Å². The van der Waals surface area contributed by atoms with Gasteiger partial charge >= 0.3 is 6.09 Å². The van der Waals surface area contributed by atoms with Gasteiger partial charge in [0.05, 0.1) is 7.11 Å². The molecular formula is C29H41N3O5. The molecule has 2 atom stereocenters. The Morgan fingerprint density at radius 3 is 1.89 bits per heavy atom. The Labute approximate surface area is 220 Å². The van der Waals surface area contributed by atoms with Crippen molar-refractivity contribution in [2.75, 3.05) is 12.4 Å². The number of rotatable bonds is 8. The van der Waals surface area contributed by atoms with E-state index in [1.54, 1.807) is 57.0 Å². The van der Waals surface area contributed by atoms with Gasteiger partial charge in [0.2, 0.25) is 5.91 Å². The van der Waals surface area contributed by atoms with E-state index in [2.05, 4.69) is 10.6 Å². The van der Waals surface area contributed by atoms with Crippen molar-refractivity contribution in [1.82, 2.24) is 10.2 Å². The number of benzene rings is 2. The highest BCUT2D eigenvalue weighted by molar-refractivity contribution is 5.99. The Balaban J connectivity index is 2.51. The van der Waals surface area contributed by atoms with Crippen LogP contribution in [0.1, 0.15) is 67.0 Å². The van der Waals surface area contributed by atoms with Gasteiger partial charge in [-0.2, -0.15) is 0 Å². The molecule has 0 bridgehead atoms. The Morgan fingerprint density at radius 2 is 1.43 bits per heavy atom. The zero-order chi connectivity index (χ0) is 28.0. The third-order valence-electron chi connectivity index (χ3n) is 5.54. The van der Waals surface area contributed by atoms with Gasteiger partial charge in [-0.1, -0.05) is 44.2 Å². The minimum Gasteiger partial charge on any atom is -0.497 e. The quantitative estimate of drug-likeness (QED) is 0.484. The largest absolute Gasteiger partial charge is 0.497 e. The molecule has 37 heavy (non-hydrogen) atoms. The number of hydrogen-bond donors (Lipinski definition) is 2.